The van der Waals surface area contributed by atoms with E-state index < -0.39 is 0 Å². The van der Waals surface area contributed by atoms with Gasteiger partial charge in [0.15, 0.2) is 0 Å². The third-order valence-electron chi connectivity index (χ3n) is 3.49. The van der Waals surface area contributed by atoms with Gasteiger partial charge < -0.3 is 10.1 Å². The molecule has 2 unspecified atom stereocenters. The molecule has 0 aliphatic heterocycles. The van der Waals surface area contributed by atoms with E-state index in [2.05, 4.69) is 16.9 Å². The van der Waals surface area contributed by atoms with E-state index in [1.807, 2.05) is 0 Å². The van der Waals surface area contributed by atoms with Gasteiger partial charge in [0.2, 0.25) is 5.88 Å². The van der Waals surface area contributed by atoms with Crippen LogP contribution in [0, 0.1) is 5.92 Å². The van der Waals surface area contributed by atoms with Crippen molar-refractivity contribution >= 4 is 0 Å². The smallest absolute Gasteiger partial charge is 0.254 e. The van der Waals surface area contributed by atoms with E-state index in [1.165, 1.54) is 19.3 Å². The molecule has 1 aromatic rings. The van der Waals surface area contributed by atoms with Gasteiger partial charge in [0.05, 0.1) is 6.07 Å². The van der Waals surface area contributed by atoms with Crippen molar-refractivity contribution in [3.63, 3.8) is 0 Å². The maximum atomic E-state index is 11.2. The van der Waals surface area contributed by atoms with E-state index >= 15 is 0 Å². The third-order valence-corrected chi connectivity index (χ3v) is 3.49. The Bertz CT molecular complexity index is 414. The maximum Gasteiger partial charge on any atom is 0.254 e. The normalized spacial score (nSPS) is 25.6. The minimum absolute atomic E-state index is 0.169. The number of rotatable bonds is 2. The van der Waals surface area contributed by atoms with Crippen LogP contribution in [0.1, 0.15) is 50.8 Å². The number of nitrogens with zero attached hydrogens (tertiary/aromatic N) is 1. The van der Waals surface area contributed by atoms with E-state index in [0.717, 1.165) is 24.8 Å². The SMILES string of the molecule is CCC1CCCC(c2nc(O)cc(=O)[nH]2)C1. The molecule has 1 aliphatic carbocycles. The average molecular weight is 222 g/mol. The number of H-pyrrole nitrogens is 1. The van der Waals surface area contributed by atoms with Crippen LogP contribution in [-0.4, -0.2) is 15.1 Å². The van der Waals surface area contributed by atoms with Crippen LogP contribution >= 0.6 is 0 Å². The quantitative estimate of drug-likeness (QED) is 0.805. The zero-order chi connectivity index (χ0) is 11.5. The highest BCUT2D eigenvalue weighted by Gasteiger charge is 2.24. The summed E-state index contributed by atoms with van der Waals surface area (Å²) < 4.78 is 0. The summed E-state index contributed by atoms with van der Waals surface area (Å²) in [5.74, 6) is 1.52. The molecule has 0 aromatic carbocycles. The predicted octanol–water partition coefficient (Wildman–Crippen LogP) is 2.16. The van der Waals surface area contributed by atoms with Gasteiger partial charge in [-0.15, -0.1) is 0 Å². The summed E-state index contributed by atoms with van der Waals surface area (Å²) >= 11 is 0. The van der Waals surface area contributed by atoms with E-state index in [0.29, 0.717) is 11.7 Å². The van der Waals surface area contributed by atoms with Crippen LogP contribution in [0.3, 0.4) is 0 Å². The Labute approximate surface area is 94.7 Å². The molecule has 88 valence electrons. The second-order valence-electron chi connectivity index (χ2n) is 4.63. The molecule has 0 bridgehead atoms. The largest absolute Gasteiger partial charge is 0.493 e. The first-order valence-corrected chi connectivity index (χ1v) is 5.99. The molecule has 0 amide bonds. The van der Waals surface area contributed by atoms with Gasteiger partial charge in [-0.2, -0.15) is 0 Å². The van der Waals surface area contributed by atoms with Crippen LogP contribution in [0.4, 0.5) is 0 Å². The molecule has 2 N–H and O–H groups in total. The molecule has 1 saturated carbocycles. The van der Waals surface area contributed by atoms with Crippen LogP contribution in [0.5, 0.6) is 5.88 Å². The lowest BCUT2D eigenvalue weighted by molar-refractivity contribution is 0.304. The van der Waals surface area contributed by atoms with E-state index in [9.17, 15) is 9.90 Å². The molecule has 1 heterocycles. The average Bonchev–Trinajstić information content (AvgIpc) is 2.28. The van der Waals surface area contributed by atoms with Gasteiger partial charge in [0.1, 0.15) is 5.82 Å². The topological polar surface area (TPSA) is 66.0 Å². The summed E-state index contributed by atoms with van der Waals surface area (Å²) in [6.07, 6.45) is 5.77. The lowest BCUT2D eigenvalue weighted by Crippen LogP contribution is -2.19. The van der Waals surface area contributed by atoms with Gasteiger partial charge in [0.25, 0.3) is 5.56 Å². The molecular weight excluding hydrogens is 204 g/mol. The molecule has 2 rings (SSSR count). The van der Waals surface area contributed by atoms with Crippen molar-refractivity contribution in [2.24, 2.45) is 5.92 Å². The highest BCUT2D eigenvalue weighted by molar-refractivity contribution is 5.09. The van der Waals surface area contributed by atoms with Gasteiger partial charge in [-0.1, -0.05) is 26.2 Å². The molecule has 1 aromatic heterocycles. The lowest BCUT2D eigenvalue weighted by Gasteiger charge is -2.27. The maximum absolute atomic E-state index is 11.2. The van der Waals surface area contributed by atoms with Gasteiger partial charge in [-0.05, 0) is 18.8 Å². The molecule has 4 heteroatoms. The monoisotopic (exact) mass is 222 g/mol. The summed E-state index contributed by atoms with van der Waals surface area (Å²) in [7, 11) is 0. The molecule has 2 atom stereocenters. The minimum Gasteiger partial charge on any atom is -0.493 e. The fourth-order valence-corrected chi connectivity index (χ4v) is 2.57. The molecule has 1 aliphatic rings. The van der Waals surface area contributed by atoms with Gasteiger partial charge in [-0.25, -0.2) is 4.98 Å². The Balaban J connectivity index is 2.19. The number of nitrogens with one attached hydrogen (secondary N) is 1. The first-order valence-electron chi connectivity index (χ1n) is 5.99. The van der Waals surface area contributed by atoms with Crippen molar-refractivity contribution in [1.82, 2.24) is 9.97 Å². The van der Waals surface area contributed by atoms with Crippen LogP contribution in [0.25, 0.3) is 0 Å². The van der Waals surface area contributed by atoms with Gasteiger partial charge in [-0.3, -0.25) is 4.79 Å². The van der Waals surface area contributed by atoms with Crippen molar-refractivity contribution in [3.05, 3.63) is 22.2 Å². The first-order chi connectivity index (χ1) is 7.69. The van der Waals surface area contributed by atoms with Crippen LogP contribution in [0.2, 0.25) is 0 Å². The Kier molecular flexibility index (Phi) is 3.27. The fraction of sp³-hybridized carbons (Fsp3) is 0.667. The van der Waals surface area contributed by atoms with Crippen molar-refractivity contribution in [2.75, 3.05) is 0 Å². The standard InChI is InChI=1S/C12H18N2O2/c1-2-8-4-3-5-9(6-8)12-13-10(15)7-11(16)14-12/h7-9H,2-6H2,1H3,(H2,13,14,15,16). The van der Waals surface area contributed by atoms with E-state index in [4.69, 9.17) is 0 Å². The van der Waals surface area contributed by atoms with Crippen molar-refractivity contribution in [2.45, 2.75) is 44.9 Å². The summed E-state index contributed by atoms with van der Waals surface area (Å²) in [5.41, 5.74) is -0.263. The summed E-state index contributed by atoms with van der Waals surface area (Å²) in [6.45, 7) is 2.20. The molecule has 16 heavy (non-hydrogen) atoms. The Morgan fingerprint density at radius 2 is 2.38 bits per heavy atom. The highest BCUT2D eigenvalue weighted by atomic mass is 16.3. The number of hydrogen-bond acceptors (Lipinski definition) is 3. The van der Waals surface area contributed by atoms with Crippen LogP contribution in [0.15, 0.2) is 10.9 Å². The van der Waals surface area contributed by atoms with E-state index in [-0.39, 0.29) is 11.4 Å². The third kappa shape index (κ3) is 2.43. The lowest BCUT2D eigenvalue weighted by atomic mass is 9.80. The molecular formula is C12H18N2O2. The molecule has 0 radical (unpaired) electrons. The number of aromatic nitrogens is 2. The van der Waals surface area contributed by atoms with E-state index in [1.54, 1.807) is 0 Å². The Hall–Kier alpha value is -1.32. The molecule has 1 fully saturated rings. The van der Waals surface area contributed by atoms with Gasteiger partial charge in [0, 0.05) is 5.92 Å². The minimum atomic E-state index is -0.263. The molecule has 0 spiro atoms. The number of aromatic amines is 1. The second kappa shape index (κ2) is 4.68. The zero-order valence-corrected chi connectivity index (χ0v) is 9.57. The second-order valence-corrected chi connectivity index (χ2v) is 4.63. The van der Waals surface area contributed by atoms with Crippen LogP contribution < -0.4 is 5.56 Å². The number of hydrogen-bond donors (Lipinski definition) is 2. The molecule has 0 saturated heterocycles. The first kappa shape index (κ1) is 11.2. The van der Waals surface area contributed by atoms with Crippen molar-refractivity contribution < 1.29 is 5.11 Å². The number of aromatic hydroxyl groups is 1. The Morgan fingerprint density at radius 1 is 1.56 bits per heavy atom. The zero-order valence-electron chi connectivity index (χ0n) is 9.57. The summed E-state index contributed by atoms with van der Waals surface area (Å²) in [4.78, 5) is 18.0. The van der Waals surface area contributed by atoms with Gasteiger partial charge >= 0.3 is 0 Å². The van der Waals surface area contributed by atoms with Crippen LogP contribution in [-0.2, 0) is 0 Å². The fourth-order valence-electron chi connectivity index (χ4n) is 2.57. The highest BCUT2D eigenvalue weighted by Crippen LogP contribution is 2.35. The summed E-state index contributed by atoms with van der Waals surface area (Å²) in [6, 6.07) is 1.11. The Morgan fingerprint density at radius 3 is 3.06 bits per heavy atom. The molecule has 4 nitrogen and oxygen atoms in total. The van der Waals surface area contributed by atoms with Crippen molar-refractivity contribution in [1.29, 1.82) is 0 Å². The summed E-state index contributed by atoms with van der Waals surface area (Å²) in [5, 5.41) is 9.32. The van der Waals surface area contributed by atoms with Crippen molar-refractivity contribution in [3.8, 4) is 5.88 Å². The predicted molar refractivity (Wildman–Crippen MR) is 61.5 cm³/mol.